The number of nitrogens with two attached hydrogens (primary N) is 1. The molecule has 0 amide bonds. The van der Waals surface area contributed by atoms with Gasteiger partial charge < -0.3 is 45.3 Å². The monoisotopic (exact) mass is 876 g/mol. The molecule has 1 heterocycles. The van der Waals surface area contributed by atoms with E-state index in [1.165, 1.54) is 38.5 Å². The van der Waals surface area contributed by atoms with Crippen LogP contribution in [0, 0.1) is 5.92 Å². The van der Waals surface area contributed by atoms with Crippen LogP contribution in [0.15, 0.2) is 36.5 Å². The van der Waals surface area contributed by atoms with Crippen molar-refractivity contribution in [1.29, 1.82) is 0 Å². The first-order chi connectivity index (χ1) is 28.8. The zero-order chi connectivity index (χ0) is 44.4. The van der Waals surface area contributed by atoms with E-state index < -0.39 is 82.3 Å². The summed E-state index contributed by atoms with van der Waals surface area (Å²) in [5, 5.41) is 39.9. The summed E-state index contributed by atoms with van der Waals surface area (Å²) in [5.41, 5.74) is 5.33. The average molecular weight is 876 g/mol. The van der Waals surface area contributed by atoms with Gasteiger partial charge in [0, 0.05) is 25.2 Å². The van der Waals surface area contributed by atoms with E-state index in [1.54, 1.807) is 12.2 Å². The lowest BCUT2D eigenvalue weighted by Gasteiger charge is -2.36. The number of carboxylic acids is 1. The molecule has 0 aromatic carbocycles. The van der Waals surface area contributed by atoms with Crippen molar-refractivity contribution in [2.75, 3.05) is 19.8 Å². The highest BCUT2D eigenvalue weighted by Crippen LogP contribution is 2.43. The first-order valence-electron chi connectivity index (χ1n) is 22.4. The highest BCUT2D eigenvalue weighted by atomic mass is 31.2. The van der Waals surface area contributed by atoms with Gasteiger partial charge in [-0.05, 0) is 57.8 Å². The number of allylic oxidation sites excluding steroid dienone is 4. The van der Waals surface area contributed by atoms with E-state index in [-0.39, 0.29) is 25.2 Å². The van der Waals surface area contributed by atoms with E-state index in [2.05, 4.69) is 30.5 Å². The highest BCUT2D eigenvalue weighted by molar-refractivity contribution is 7.47. The normalized spacial score (nSPS) is 21.0. The molecule has 60 heavy (non-hydrogen) atoms. The smallest absolute Gasteiger partial charge is 0.472 e. The first kappa shape index (κ1) is 55.6. The average Bonchev–Trinajstić information content (AvgIpc) is 3.20. The van der Waals surface area contributed by atoms with Crippen molar-refractivity contribution in [2.45, 2.75) is 198 Å². The third-order valence-electron chi connectivity index (χ3n) is 10.2. The molecule has 1 aliphatic heterocycles. The number of aliphatic hydroxyl groups is 3. The van der Waals surface area contributed by atoms with Crippen molar-refractivity contribution in [1.82, 2.24) is 0 Å². The molecule has 2 unspecified atom stereocenters. The van der Waals surface area contributed by atoms with Crippen molar-refractivity contribution in [3.8, 4) is 0 Å². The Balaban J connectivity index is 2.55. The Labute approximate surface area is 358 Å². The SMILES string of the molecule is CCCCCCCC/C=C\CCCCCCCC(=O)OC[C@H](COP(=O)(O)OC[C@H](N)C(=O)O)OC(=O)CCC/C=C\C[C@H]1[C@@H](O)CC(O)O[C@@H]1/C=C/[C@@H](O)CCCCC. The standard InChI is InChI=1S/C44H78NO14P/c1-3-5-7-8-9-10-11-12-13-14-15-16-17-18-23-27-41(48)55-32-36(33-56-60(53,54)57-34-38(45)44(51)52)58-42(49)28-24-20-19-22-26-37-39(47)31-43(50)59-40(37)30-29-35(46)25-21-6-4-2/h12-13,19,22,29-30,35-40,43,46-47,50H,3-11,14-18,20-21,23-28,31-34,45H2,1-2H3,(H,51,52)(H,53,54)/b13-12-,22-19-,30-29+/t35-,36+,37-,38-,39-,40+,43?/m0/s1. The molecule has 0 radical (unpaired) electrons. The summed E-state index contributed by atoms with van der Waals surface area (Å²) in [7, 11) is -4.80. The van der Waals surface area contributed by atoms with Gasteiger partial charge in [0.05, 0.1) is 31.5 Å². The summed E-state index contributed by atoms with van der Waals surface area (Å²) < 4.78 is 38.3. The Morgan fingerprint density at radius 2 is 1.33 bits per heavy atom. The number of rotatable bonds is 37. The van der Waals surface area contributed by atoms with Crippen LogP contribution in [0.2, 0.25) is 0 Å². The number of phosphoric ester groups is 1. The summed E-state index contributed by atoms with van der Waals surface area (Å²) in [5.74, 6) is -2.97. The lowest BCUT2D eigenvalue weighted by molar-refractivity contribution is -0.199. The van der Waals surface area contributed by atoms with Crippen molar-refractivity contribution in [2.24, 2.45) is 11.7 Å². The van der Waals surface area contributed by atoms with Crippen LogP contribution in [-0.4, -0.2) is 99.8 Å². The molecule has 0 aliphatic carbocycles. The van der Waals surface area contributed by atoms with Crippen LogP contribution in [0.1, 0.15) is 162 Å². The number of carbonyl (C=O) groups is 3. The molecular weight excluding hydrogens is 797 g/mol. The van der Waals surface area contributed by atoms with Crippen LogP contribution in [0.25, 0.3) is 0 Å². The van der Waals surface area contributed by atoms with Gasteiger partial charge in [0.2, 0.25) is 0 Å². The van der Waals surface area contributed by atoms with Gasteiger partial charge in [-0.15, -0.1) is 0 Å². The van der Waals surface area contributed by atoms with Gasteiger partial charge in [-0.2, -0.15) is 0 Å². The minimum atomic E-state index is -4.80. The summed E-state index contributed by atoms with van der Waals surface area (Å²) in [6.07, 6.45) is 26.8. The molecule has 7 N–H and O–H groups in total. The maximum Gasteiger partial charge on any atom is 0.472 e. The first-order valence-corrected chi connectivity index (χ1v) is 23.9. The Morgan fingerprint density at radius 1 is 0.767 bits per heavy atom. The van der Waals surface area contributed by atoms with E-state index in [0.29, 0.717) is 32.1 Å². The number of hydrogen-bond acceptors (Lipinski definition) is 13. The Hall–Kier alpha value is -2.46. The Morgan fingerprint density at radius 3 is 2.00 bits per heavy atom. The fourth-order valence-corrected chi connectivity index (χ4v) is 7.29. The number of carboxylic acid groups (broad SMARTS) is 1. The van der Waals surface area contributed by atoms with Crippen LogP contribution in [0.3, 0.4) is 0 Å². The number of aliphatic carboxylic acids is 1. The molecular formula is C44H78NO14P. The van der Waals surface area contributed by atoms with Crippen LogP contribution in [0.5, 0.6) is 0 Å². The highest BCUT2D eigenvalue weighted by Gasteiger charge is 2.35. The number of ether oxygens (including phenoxy) is 3. The van der Waals surface area contributed by atoms with Gasteiger partial charge in [-0.1, -0.05) is 121 Å². The van der Waals surface area contributed by atoms with E-state index in [0.717, 1.165) is 57.8 Å². The fourth-order valence-electron chi connectivity index (χ4n) is 6.51. The second-order valence-corrected chi connectivity index (χ2v) is 17.2. The maximum atomic E-state index is 12.8. The third-order valence-corrected chi connectivity index (χ3v) is 11.1. The van der Waals surface area contributed by atoms with Crippen molar-refractivity contribution >= 4 is 25.7 Å². The molecule has 1 fully saturated rings. The summed E-state index contributed by atoms with van der Waals surface area (Å²) >= 11 is 0. The quantitative estimate of drug-likeness (QED) is 0.0151. The van der Waals surface area contributed by atoms with Gasteiger partial charge in [0.25, 0.3) is 0 Å². The van der Waals surface area contributed by atoms with Gasteiger partial charge >= 0.3 is 25.7 Å². The molecule has 8 atom stereocenters. The molecule has 348 valence electrons. The molecule has 0 aromatic heterocycles. The molecule has 15 nitrogen and oxygen atoms in total. The van der Waals surface area contributed by atoms with Crippen LogP contribution in [0.4, 0.5) is 0 Å². The number of phosphoric acid groups is 1. The van der Waals surface area contributed by atoms with E-state index in [9.17, 15) is 39.2 Å². The largest absolute Gasteiger partial charge is 0.480 e. The summed E-state index contributed by atoms with van der Waals surface area (Å²) in [6, 6.07) is -1.57. The van der Waals surface area contributed by atoms with Crippen LogP contribution >= 0.6 is 7.82 Å². The minimum absolute atomic E-state index is 0.0346. The van der Waals surface area contributed by atoms with Crippen molar-refractivity contribution in [3.05, 3.63) is 36.5 Å². The number of aliphatic hydroxyl groups excluding tert-OH is 3. The van der Waals surface area contributed by atoms with Crippen LogP contribution < -0.4 is 5.73 Å². The summed E-state index contributed by atoms with van der Waals surface area (Å²) in [4.78, 5) is 46.2. The molecule has 1 saturated heterocycles. The lowest BCUT2D eigenvalue weighted by Crippen LogP contribution is -2.43. The molecule has 1 rings (SSSR count). The molecule has 1 aliphatic rings. The predicted octanol–water partition coefficient (Wildman–Crippen LogP) is 7.72. The molecule has 0 saturated carbocycles. The summed E-state index contributed by atoms with van der Waals surface area (Å²) in [6.45, 7) is 2.40. The zero-order valence-corrected chi connectivity index (χ0v) is 37.2. The van der Waals surface area contributed by atoms with Gasteiger partial charge in [0.15, 0.2) is 12.4 Å². The number of hydrogen-bond donors (Lipinski definition) is 6. The topological polar surface area (TPSA) is 242 Å². The minimum Gasteiger partial charge on any atom is -0.480 e. The van der Waals surface area contributed by atoms with Crippen molar-refractivity contribution < 1.29 is 67.5 Å². The zero-order valence-electron chi connectivity index (χ0n) is 36.3. The second kappa shape index (κ2) is 35.1. The van der Waals surface area contributed by atoms with E-state index >= 15 is 0 Å². The predicted molar refractivity (Wildman–Crippen MR) is 230 cm³/mol. The number of carbonyl (C=O) groups excluding carboxylic acids is 2. The Bertz CT molecular complexity index is 1280. The lowest BCUT2D eigenvalue weighted by atomic mass is 9.87. The second-order valence-electron chi connectivity index (χ2n) is 15.7. The molecule has 0 bridgehead atoms. The Kier molecular flexibility index (Phi) is 32.5. The molecule has 0 spiro atoms. The molecule has 0 aromatic rings. The van der Waals surface area contributed by atoms with E-state index in [4.69, 9.17) is 29.6 Å². The third kappa shape index (κ3) is 29.7. The van der Waals surface area contributed by atoms with Gasteiger partial charge in [0.1, 0.15) is 12.6 Å². The number of esters is 2. The van der Waals surface area contributed by atoms with Gasteiger partial charge in [-0.3, -0.25) is 23.4 Å². The van der Waals surface area contributed by atoms with Gasteiger partial charge in [-0.25, -0.2) is 4.57 Å². The molecule has 16 heteroatoms. The van der Waals surface area contributed by atoms with Crippen LogP contribution in [-0.2, 0) is 42.2 Å². The maximum absolute atomic E-state index is 12.8. The van der Waals surface area contributed by atoms with Crippen molar-refractivity contribution in [3.63, 3.8) is 0 Å². The fraction of sp³-hybridized carbons (Fsp3) is 0.795. The van der Waals surface area contributed by atoms with E-state index in [1.807, 2.05) is 12.2 Å². The number of unbranched alkanes of at least 4 members (excludes halogenated alkanes) is 14.